The average molecular weight is 413 g/mol. The monoisotopic (exact) mass is 412 g/mol. The van der Waals surface area contributed by atoms with Gasteiger partial charge in [0, 0.05) is 32.8 Å². The maximum absolute atomic E-state index is 5.41. The Bertz CT molecular complexity index is 1240. The molecule has 0 spiro atoms. The Labute approximate surface area is 179 Å². The Hall–Kier alpha value is -2.36. The summed E-state index contributed by atoms with van der Waals surface area (Å²) in [5.74, 6) is 3.53. The van der Waals surface area contributed by atoms with Gasteiger partial charge in [0.2, 0.25) is 0 Å². The molecular weight excluding hydrogens is 392 g/mol. The molecule has 0 radical (unpaired) electrons. The number of benzene rings is 4. The van der Waals surface area contributed by atoms with E-state index in [0.29, 0.717) is 0 Å². The third-order valence-electron chi connectivity index (χ3n) is 6.02. The zero-order valence-electron chi connectivity index (χ0n) is 16.1. The van der Waals surface area contributed by atoms with E-state index in [4.69, 9.17) is 4.74 Å². The van der Waals surface area contributed by atoms with Crippen LogP contribution in [-0.4, -0.2) is 18.6 Å². The second-order valence-electron chi connectivity index (χ2n) is 7.48. The van der Waals surface area contributed by atoms with Gasteiger partial charge in [-0.05, 0) is 45.2 Å². The van der Waals surface area contributed by atoms with E-state index in [-0.39, 0.29) is 5.92 Å². The summed E-state index contributed by atoms with van der Waals surface area (Å²) < 4.78 is 5.41. The molecule has 1 atom stereocenters. The van der Waals surface area contributed by atoms with Crippen molar-refractivity contribution in [2.24, 2.45) is 0 Å². The lowest BCUT2D eigenvalue weighted by Crippen LogP contribution is -2.03. The van der Waals surface area contributed by atoms with Gasteiger partial charge in [0.1, 0.15) is 5.75 Å². The van der Waals surface area contributed by atoms with Gasteiger partial charge in [-0.15, -0.1) is 23.5 Å². The number of methoxy groups -OCH3 is 1. The molecule has 0 aromatic heterocycles. The second-order valence-corrected chi connectivity index (χ2v) is 9.69. The van der Waals surface area contributed by atoms with E-state index in [9.17, 15) is 0 Å². The summed E-state index contributed by atoms with van der Waals surface area (Å²) in [6, 6.07) is 26.6. The van der Waals surface area contributed by atoms with Crippen LogP contribution in [0.3, 0.4) is 0 Å². The van der Waals surface area contributed by atoms with Crippen molar-refractivity contribution >= 4 is 34.3 Å². The molecule has 29 heavy (non-hydrogen) atoms. The van der Waals surface area contributed by atoms with Gasteiger partial charge < -0.3 is 4.74 Å². The molecule has 2 aliphatic rings. The molecule has 142 valence electrons. The summed E-state index contributed by atoms with van der Waals surface area (Å²) in [7, 11) is 1.73. The van der Waals surface area contributed by atoms with Gasteiger partial charge >= 0.3 is 0 Å². The number of thioether (sulfide) groups is 2. The van der Waals surface area contributed by atoms with Crippen molar-refractivity contribution in [2.45, 2.75) is 15.7 Å². The van der Waals surface area contributed by atoms with E-state index in [0.717, 1.165) is 5.75 Å². The number of hydrogen-bond acceptors (Lipinski definition) is 3. The molecule has 0 saturated carbocycles. The van der Waals surface area contributed by atoms with Crippen LogP contribution in [0, 0.1) is 0 Å². The second kappa shape index (κ2) is 6.86. The van der Waals surface area contributed by atoms with Gasteiger partial charge in [0.05, 0.1) is 7.11 Å². The lowest BCUT2D eigenvalue weighted by atomic mass is 9.86. The molecule has 1 aliphatic heterocycles. The van der Waals surface area contributed by atoms with Crippen LogP contribution in [-0.2, 0) is 0 Å². The summed E-state index contributed by atoms with van der Waals surface area (Å²) in [6.07, 6.45) is 0. The summed E-state index contributed by atoms with van der Waals surface area (Å²) in [4.78, 5) is 2.96. The third-order valence-corrected chi connectivity index (χ3v) is 8.63. The van der Waals surface area contributed by atoms with E-state index in [1.165, 1.54) is 59.9 Å². The van der Waals surface area contributed by atoms with Gasteiger partial charge in [-0.2, -0.15) is 0 Å². The lowest BCUT2D eigenvalue weighted by Gasteiger charge is -2.23. The fourth-order valence-corrected chi connectivity index (χ4v) is 7.42. The van der Waals surface area contributed by atoms with Gasteiger partial charge in [-0.3, -0.25) is 0 Å². The van der Waals surface area contributed by atoms with Crippen molar-refractivity contribution in [3.8, 4) is 16.9 Å². The van der Waals surface area contributed by atoms with Crippen molar-refractivity contribution in [1.29, 1.82) is 0 Å². The Morgan fingerprint density at radius 2 is 1.45 bits per heavy atom. The van der Waals surface area contributed by atoms with Gasteiger partial charge in [-0.25, -0.2) is 0 Å². The van der Waals surface area contributed by atoms with E-state index < -0.39 is 0 Å². The fourth-order valence-electron chi connectivity index (χ4n) is 4.82. The van der Waals surface area contributed by atoms with Crippen LogP contribution >= 0.6 is 23.5 Å². The molecule has 1 nitrogen and oxygen atoms in total. The summed E-state index contributed by atoms with van der Waals surface area (Å²) in [5, 5.41) is 2.80. The minimum absolute atomic E-state index is 0.259. The van der Waals surface area contributed by atoms with Crippen molar-refractivity contribution in [1.82, 2.24) is 0 Å². The van der Waals surface area contributed by atoms with Gasteiger partial charge in [0.15, 0.2) is 0 Å². The van der Waals surface area contributed by atoms with Crippen LogP contribution < -0.4 is 4.74 Å². The standard InChI is InChI=1S/C26H20OS2/c1-27-17-12-10-16(11-13-17)22-18-6-2-3-7-19(18)24-23(22)20-8-4-5-9-21(20)25-26(24)29-15-14-28-25/h2-13,22H,14-15H2,1H3. The predicted molar refractivity (Wildman–Crippen MR) is 125 cm³/mol. The highest BCUT2D eigenvalue weighted by Crippen LogP contribution is 2.57. The maximum Gasteiger partial charge on any atom is 0.118 e. The zero-order chi connectivity index (χ0) is 19.4. The van der Waals surface area contributed by atoms with Crippen molar-refractivity contribution in [3.05, 3.63) is 89.5 Å². The molecule has 0 amide bonds. The molecule has 1 unspecified atom stereocenters. The molecule has 0 fully saturated rings. The molecule has 6 rings (SSSR count). The van der Waals surface area contributed by atoms with E-state index in [2.05, 4.69) is 72.8 Å². The Kier molecular flexibility index (Phi) is 4.14. The average Bonchev–Trinajstić information content (AvgIpc) is 3.15. The van der Waals surface area contributed by atoms with Gasteiger partial charge in [-0.1, -0.05) is 60.7 Å². The van der Waals surface area contributed by atoms with E-state index in [1.54, 1.807) is 7.11 Å². The van der Waals surface area contributed by atoms with Crippen LogP contribution in [0.5, 0.6) is 5.75 Å². The molecule has 4 aromatic rings. The Balaban J connectivity index is 1.72. The normalized spacial score (nSPS) is 16.9. The molecular formula is C26H20OS2. The van der Waals surface area contributed by atoms with Crippen molar-refractivity contribution in [2.75, 3.05) is 18.6 Å². The maximum atomic E-state index is 5.41. The first kappa shape index (κ1) is 17.5. The van der Waals surface area contributed by atoms with Crippen LogP contribution in [0.1, 0.15) is 22.6 Å². The number of fused-ring (bicyclic) bond motifs is 8. The summed E-state index contributed by atoms with van der Waals surface area (Å²) in [6.45, 7) is 0. The topological polar surface area (TPSA) is 9.23 Å². The Morgan fingerprint density at radius 3 is 2.24 bits per heavy atom. The first-order valence-corrected chi connectivity index (χ1v) is 11.9. The number of hydrogen-bond donors (Lipinski definition) is 0. The van der Waals surface area contributed by atoms with Gasteiger partial charge in [0.25, 0.3) is 0 Å². The molecule has 4 aromatic carbocycles. The third kappa shape index (κ3) is 2.57. The summed E-state index contributed by atoms with van der Waals surface area (Å²) in [5.41, 5.74) is 7.09. The molecule has 0 N–H and O–H groups in total. The first-order chi connectivity index (χ1) is 14.4. The smallest absolute Gasteiger partial charge is 0.118 e. The number of ether oxygens (including phenoxy) is 1. The highest BCUT2D eigenvalue weighted by atomic mass is 32.2. The minimum atomic E-state index is 0.259. The molecule has 0 saturated heterocycles. The van der Waals surface area contributed by atoms with Crippen molar-refractivity contribution < 1.29 is 4.74 Å². The highest BCUT2D eigenvalue weighted by molar-refractivity contribution is 8.05. The van der Waals surface area contributed by atoms with Crippen LogP contribution in [0.2, 0.25) is 0 Å². The molecule has 3 heteroatoms. The summed E-state index contributed by atoms with van der Waals surface area (Å²) >= 11 is 4.06. The minimum Gasteiger partial charge on any atom is -0.497 e. The Morgan fingerprint density at radius 1 is 0.759 bits per heavy atom. The molecule has 0 bridgehead atoms. The molecule has 1 heterocycles. The lowest BCUT2D eigenvalue weighted by molar-refractivity contribution is 0.414. The SMILES string of the molecule is COc1ccc(C2c3ccccc3-c3c4c(c5ccccc5c32)SCCS4)cc1. The zero-order valence-corrected chi connectivity index (χ0v) is 17.8. The fraction of sp³-hybridized carbons (Fsp3) is 0.154. The predicted octanol–water partition coefficient (Wildman–Crippen LogP) is 7.21. The van der Waals surface area contributed by atoms with E-state index in [1.807, 2.05) is 23.5 Å². The molecule has 1 aliphatic carbocycles. The first-order valence-electron chi connectivity index (χ1n) is 9.94. The highest BCUT2D eigenvalue weighted by Gasteiger charge is 2.35. The van der Waals surface area contributed by atoms with Crippen LogP contribution in [0.15, 0.2) is 82.6 Å². The van der Waals surface area contributed by atoms with Crippen molar-refractivity contribution in [3.63, 3.8) is 0 Å². The largest absolute Gasteiger partial charge is 0.497 e. The van der Waals surface area contributed by atoms with Crippen LogP contribution in [0.4, 0.5) is 0 Å². The quantitative estimate of drug-likeness (QED) is 0.303. The van der Waals surface area contributed by atoms with E-state index >= 15 is 0 Å². The number of rotatable bonds is 2. The van der Waals surface area contributed by atoms with Crippen LogP contribution in [0.25, 0.3) is 21.9 Å².